The summed E-state index contributed by atoms with van der Waals surface area (Å²) in [5.74, 6) is -1.15. The molecule has 2 fully saturated rings. The van der Waals surface area contributed by atoms with Crippen molar-refractivity contribution in [3.05, 3.63) is 49.1 Å². The summed E-state index contributed by atoms with van der Waals surface area (Å²) in [6.07, 6.45) is 4.76. The summed E-state index contributed by atoms with van der Waals surface area (Å²) in [6, 6.07) is 9.99. The maximum absolute atomic E-state index is 13.6. The van der Waals surface area contributed by atoms with Gasteiger partial charge in [0, 0.05) is 63.5 Å². The maximum atomic E-state index is 13.6. The van der Waals surface area contributed by atoms with Gasteiger partial charge in [-0.1, -0.05) is 26.0 Å². The van der Waals surface area contributed by atoms with Gasteiger partial charge in [0.1, 0.15) is 17.8 Å². The first-order chi connectivity index (χ1) is 18.5. The Bertz CT molecular complexity index is 1320. The maximum Gasteiger partial charge on any atom is 0.251 e. The summed E-state index contributed by atoms with van der Waals surface area (Å²) >= 11 is 0. The normalized spacial score (nSPS) is 17.2. The number of aromatic amines is 1. The zero-order valence-electron chi connectivity index (χ0n) is 21.7. The lowest BCUT2D eigenvalue weighted by molar-refractivity contribution is -0.0221. The van der Waals surface area contributed by atoms with E-state index in [9.17, 15) is 8.78 Å². The third-order valence-corrected chi connectivity index (χ3v) is 6.72. The third kappa shape index (κ3) is 5.67. The minimum atomic E-state index is -2.60. The highest BCUT2D eigenvalue weighted by molar-refractivity contribution is 5.92. The molecule has 3 N–H and O–H groups in total. The zero-order chi connectivity index (χ0) is 26.5. The van der Waals surface area contributed by atoms with Gasteiger partial charge >= 0.3 is 0 Å². The number of nitrogens with one attached hydrogen (secondary N) is 3. The van der Waals surface area contributed by atoms with Crippen LogP contribution in [0.15, 0.2) is 49.1 Å². The summed E-state index contributed by atoms with van der Waals surface area (Å²) in [6.45, 7) is 8.25. The van der Waals surface area contributed by atoms with Gasteiger partial charge in [-0.2, -0.15) is 0 Å². The number of halogens is 2. The fourth-order valence-electron chi connectivity index (χ4n) is 4.69. The predicted octanol–water partition coefficient (Wildman–Crippen LogP) is 4.83. The van der Waals surface area contributed by atoms with Crippen LogP contribution in [0.25, 0.3) is 22.3 Å². The zero-order valence-corrected chi connectivity index (χ0v) is 21.7. The number of H-pyrrole nitrogens is 1. The van der Waals surface area contributed by atoms with Gasteiger partial charge in [0.15, 0.2) is 0 Å². The van der Waals surface area contributed by atoms with Gasteiger partial charge in [-0.25, -0.2) is 28.7 Å². The Morgan fingerprint density at radius 1 is 0.842 bits per heavy atom. The van der Waals surface area contributed by atoms with Crippen LogP contribution in [0.4, 0.5) is 31.9 Å². The Hall–Kier alpha value is -3.86. The highest BCUT2D eigenvalue weighted by Crippen LogP contribution is 2.34. The van der Waals surface area contributed by atoms with Gasteiger partial charge in [0.05, 0.1) is 23.5 Å². The molecule has 9 nitrogen and oxygen atoms in total. The summed E-state index contributed by atoms with van der Waals surface area (Å²) in [5.41, 5.74) is 4.31. The molecule has 2 saturated heterocycles. The van der Waals surface area contributed by atoms with Crippen molar-refractivity contribution in [2.75, 3.05) is 54.4 Å². The average Bonchev–Trinajstić information content (AvgIpc) is 3.40. The first-order valence-electron chi connectivity index (χ1n) is 13.2. The molecule has 38 heavy (non-hydrogen) atoms. The largest absolute Gasteiger partial charge is 0.356 e. The number of piperazine rings is 1. The van der Waals surface area contributed by atoms with E-state index in [0.29, 0.717) is 11.5 Å². The van der Waals surface area contributed by atoms with Gasteiger partial charge in [-0.05, 0) is 23.8 Å². The number of hydrogen-bond donors (Lipinski definition) is 3. The van der Waals surface area contributed by atoms with E-state index in [1.807, 2.05) is 49.1 Å². The predicted molar refractivity (Wildman–Crippen MR) is 147 cm³/mol. The molecule has 0 spiro atoms. The van der Waals surface area contributed by atoms with Crippen LogP contribution < -0.4 is 20.4 Å². The molecule has 2 aliphatic heterocycles. The Morgan fingerprint density at radius 2 is 1.53 bits per heavy atom. The van der Waals surface area contributed by atoms with Crippen molar-refractivity contribution in [3.63, 3.8) is 0 Å². The van der Waals surface area contributed by atoms with Crippen LogP contribution in [-0.2, 0) is 0 Å². The highest BCUT2D eigenvalue weighted by atomic mass is 19.3. The van der Waals surface area contributed by atoms with E-state index in [-0.39, 0.29) is 25.9 Å². The molecular weight excluding hydrogens is 488 g/mol. The number of alkyl halides is 2. The summed E-state index contributed by atoms with van der Waals surface area (Å²) in [5, 5.41) is 7.50. The van der Waals surface area contributed by atoms with E-state index >= 15 is 0 Å². The van der Waals surface area contributed by atoms with Crippen molar-refractivity contribution in [3.8, 4) is 11.3 Å². The lowest BCUT2D eigenvalue weighted by atomic mass is 10.1. The Kier molecular flexibility index (Phi) is 7.64. The molecule has 2 aliphatic rings. The topological polar surface area (TPSA) is 97.9 Å². The molecule has 0 bridgehead atoms. The van der Waals surface area contributed by atoms with E-state index in [4.69, 9.17) is 0 Å². The summed E-state index contributed by atoms with van der Waals surface area (Å²) < 4.78 is 27.2. The number of hydrogen-bond acceptors (Lipinski definition) is 8. The molecule has 0 saturated carbocycles. The molecule has 6 rings (SSSR count). The van der Waals surface area contributed by atoms with Gasteiger partial charge in [0.2, 0.25) is 5.95 Å². The van der Waals surface area contributed by atoms with Crippen molar-refractivity contribution < 1.29 is 8.78 Å². The van der Waals surface area contributed by atoms with Crippen molar-refractivity contribution in [2.24, 2.45) is 0 Å². The molecule has 200 valence electrons. The number of benzene rings is 1. The minimum Gasteiger partial charge on any atom is -0.356 e. The van der Waals surface area contributed by atoms with E-state index in [0.717, 1.165) is 60.1 Å². The molecule has 0 atom stereocenters. The van der Waals surface area contributed by atoms with Crippen LogP contribution in [-0.4, -0.2) is 70.1 Å². The monoisotopic (exact) mass is 521 g/mol. The number of piperidine rings is 1. The van der Waals surface area contributed by atoms with Crippen LogP contribution in [0.1, 0.15) is 26.7 Å². The molecule has 4 aromatic rings. The van der Waals surface area contributed by atoms with Crippen molar-refractivity contribution in [1.82, 2.24) is 30.2 Å². The molecule has 0 amide bonds. The lowest BCUT2D eigenvalue weighted by Gasteiger charge is -2.32. The fraction of sp³-hybridized carbons (Fsp3) is 0.407. The van der Waals surface area contributed by atoms with Gasteiger partial charge in [-0.3, -0.25) is 0 Å². The van der Waals surface area contributed by atoms with E-state index in [1.165, 1.54) is 6.33 Å². The standard InChI is InChI=1S/C25H27F2N9.C2H6/c26-25(27)5-9-35(10-6-25)23-20-13-21(34-22(20)31-16-32-23)17-1-3-18(4-2-17)33-19-14-29-24(30-15-19)36-11-7-28-8-12-36;1-2/h1-4,13-16,28,33H,5-12H2,(H,31,32,34);1-2H3. The number of nitrogens with zero attached hydrogens (tertiary/aromatic N) is 6. The van der Waals surface area contributed by atoms with E-state index in [2.05, 4.69) is 40.5 Å². The number of fused-ring (bicyclic) bond motifs is 1. The van der Waals surface area contributed by atoms with Gasteiger partial charge in [0.25, 0.3) is 5.92 Å². The molecule has 11 heteroatoms. The Balaban J connectivity index is 0.00000144. The first-order valence-corrected chi connectivity index (χ1v) is 13.2. The summed E-state index contributed by atoms with van der Waals surface area (Å²) in [4.78, 5) is 25.2. The quantitative estimate of drug-likeness (QED) is 0.344. The second-order valence-corrected chi connectivity index (χ2v) is 9.20. The minimum absolute atomic E-state index is 0.159. The van der Waals surface area contributed by atoms with Crippen molar-refractivity contribution in [2.45, 2.75) is 32.6 Å². The number of aromatic nitrogens is 5. The SMILES string of the molecule is CC.FC1(F)CCN(c2ncnc3[nH]c(-c4ccc(Nc5cnc(N6CCNCC6)nc5)cc4)cc23)CC1. The van der Waals surface area contributed by atoms with E-state index < -0.39 is 5.92 Å². The third-order valence-electron chi connectivity index (χ3n) is 6.72. The number of rotatable bonds is 5. The average molecular weight is 522 g/mol. The molecule has 1 aromatic carbocycles. The Morgan fingerprint density at radius 3 is 2.21 bits per heavy atom. The van der Waals surface area contributed by atoms with Crippen molar-refractivity contribution >= 4 is 34.2 Å². The first kappa shape index (κ1) is 25.8. The van der Waals surface area contributed by atoms with Crippen LogP contribution in [0.5, 0.6) is 0 Å². The number of anilines is 4. The highest BCUT2D eigenvalue weighted by Gasteiger charge is 2.35. The van der Waals surface area contributed by atoms with Crippen LogP contribution >= 0.6 is 0 Å². The molecule has 3 aromatic heterocycles. The molecule has 0 unspecified atom stereocenters. The van der Waals surface area contributed by atoms with Crippen LogP contribution in [0.3, 0.4) is 0 Å². The van der Waals surface area contributed by atoms with Crippen LogP contribution in [0, 0.1) is 0 Å². The van der Waals surface area contributed by atoms with Crippen LogP contribution in [0.2, 0.25) is 0 Å². The van der Waals surface area contributed by atoms with E-state index in [1.54, 1.807) is 12.4 Å². The Labute approximate surface area is 220 Å². The molecule has 0 aliphatic carbocycles. The van der Waals surface area contributed by atoms with Crippen molar-refractivity contribution in [1.29, 1.82) is 0 Å². The molecule has 0 radical (unpaired) electrons. The van der Waals surface area contributed by atoms with Gasteiger partial charge < -0.3 is 25.4 Å². The molecule has 5 heterocycles. The summed E-state index contributed by atoms with van der Waals surface area (Å²) in [7, 11) is 0. The second-order valence-electron chi connectivity index (χ2n) is 9.20. The fourth-order valence-corrected chi connectivity index (χ4v) is 4.69. The van der Waals surface area contributed by atoms with Gasteiger partial charge in [-0.15, -0.1) is 0 Å². The molecular formula is C27H33F2N9. The lowest BCUT2D eigenvalue weighted by Crippen LogP contribution is -2.44. The second kappa shape index (κ2) is 11.3. The smallest absolute Gasteiger partial charge is 0.251 e.